The minimum atomic E-state index is -1.15. The van der Waals surface area contributed by atoms with Gasteiger partial charge in [-0.05, 0) is 23.3 Å². The van der Waals surface area contributed by atoms with E-state index in [-0.39, 0.29) is 12.1 Å². The van der Waals surface area contributed by atoms with Crippen molar-refractivity contribution in [1.82, 2.24) is 4.98 Å². The number of nitro benzene ring substituents is 1. The molecule has 0 saturated carbocycles. The summed E-state index contributed by atoms with van der Waals surface area (Å²) in [5, 5.41) is 21.1. The third kappa shape index (κ3) is 2.72. The zero-order chi connectivity index (χ0) is 17.3. The van der Waals surface area contributed by atoms with E-state index in [0.717, 1.165) is 5.56 Å². The van der Waals surface area contributed by atoms with Gasteiger partial charge in [0.25, 0.3) is 5.69 Å². The lowest BCUT2D eigenvalue weighted by molar-refractivity contribution is -0.382. The SMILES string of the molecule is N[C@@H](Cc1c[nH]c2ccc(-c3ccccc3)c([N+](=O)[O-])c12)C(=O)O. The molecule has 0 saturated heterocycles. The maximum absolute atomic E-state index is 11.7. The molecule has 1 aromatic heterocycles. The standard InChI is InChI=1S/C17H15N3O4/c18-13(17(21)22)8-11-9-19-14-7-6-12(10-4-2-1-3-5-10)16(15(11)14)20(23)24/h1-7,9,13,19H,8,18H2,(H,21,22)/t13-/m0/s1. The van der Waals surface area contributed by atoms with Crippen molar-refractivity contribution >= 4 is 22.6 Å². The molecule has 7 heteroatoms. The molecule has 0 amide bonds. The molecule has 3 rings (SSSR count). The van der Waals surface area contributed by atoms with Gasteiger partial charge in [-0.1, -0.05) is 30.3 Å². The molecular formula is C17H15N3O4. The summed E-state index contributed by atoms with van der Waals surface area (Å²) in [6.07, 6.45) is 1.59. The second-order valence-corrected chi connectivity index (χ2v) is 5.47. The molecule has 1 atom stereocenters. The van der Waals surface area contributed by atoms with Crippen molar-refractivity contribution in [1.29, 1.82) is 0 Å². The lowest BCUT2D eigenvalue weighted by atomic mass is 9.97. The van der Waals surface area contributed by atoms with Gasteiger partial charge in [-0.15, -0.1) is 0 Å². The number of carbonyl (C=O) groups is 1. The Kier molecular flexibility index (Phi) is 4.01. The van der Waals surface area contributed by atoms with Crippen molar-refractivity contribution in [3.8, 4) is 11.1 Å². The molecule has 0 bridgehead atoms. The van der Waals surface area contributed by atoms with Gasteiger partial charge in [0.2, 0.25) is 0 Å². The van der Waals surface area contributed by atoms with E-state index in [9.17, 15) is 14.9 Å². The lowest BCUT2D eigenvalue weighted by Gasteiger charge is -2.08. The minimum Gasteiger partial charge on any atom is -0.480 e. The summed E-state index contributed by atoms with van der Waals surface area (Å²) in [6.45, 7) is 0. The normalized spacial score (nSPS) is 12.2. The van der Waals surface area contributed by atoms with Crippen LogP contribution in [0.3, 0.4) is 0 Å². The Morgan fingerprint density at radius 1 is 1.25 bits per heavy atom. The lowest BCUT2D eigenvalue weighted by Crippen LogP contribution is -2.32. The van der Waals surface area contributed by atoms with Crippen molar-refractivity contribution in [2.45, 2.75) is 12.5 Å². The minimum absolute atomic E-state index is 0.00835. The molecule has 0 aliphatic carbocycles. The number of nitrogens with zero attached hydrogens (tertiary/aromatic N) is 1. The van der Waals surface area contributed by atoms with Crippen molar-refractivity contribution in [2.24, 2.45) is 5.73 Å². The largest absolute Gasteiger partial charge is 0.480 e. The fourth-order valence-corrected chi connectivity index (χ4v) is 2.80. The number of benzene rings is 2. The smallest absolute Gasteiger partial charge is 0.320 e. The number of rotatable bonds is 5. The van der Waals surface area contributed by atoms with Crippen molar-refractivity contribution in [2.75, 3.05) is 0 Å². The van der Waals surface area contributed by atoms with Gasteiger partial charge in [0.15, 0.2) is 0 Å². The van der Waals surface area contributed by atoms with E-state index in [0.29, 0.717) is 22.0 Å². The summed E-state index contributed by atoms with van der Waals surface area (Å²) in [7, 11) is 0. The molecule has 0 unspecified atom stereocenters. The highest BCUT2D eigenvalue weighted by Crippen LogP contribution is 2.38. The highest BCUT2D eigenvalue weighted by Gasteiger charge is 2.25. The summed E-state index contributed by atoms with van der Waals surface area (Å²) < 4.78 is 0. The second-order valence-electron chi connectivity index (χ2n) is 5.47. The van der Waals surface area contributed by atoms with Gasteiger partial charge in [-0.25, -0.2) is 0 Å². The van der Waals surface area contributed by atoms with Crippen LogP contribution < -0.4 is 5.73 Å². The summed E-state index contributed by atoms with van der Waals surface area (Å²) in [5.74, 6) is -1.15. The highest BCUT2D eigenvalue weighted by atomic mass is 16.6. The maximum Gasteiger partial charge on any atom is 0.320 e. The molecular weight excluding hydrogens is 310 g/mol. The number of carboxylic acids is 1. The number of carboxylic acid groups (broad SMARTS) is 1. The van der Waals surface area contributed by atoms with Crippen LogP contribution in [0.2, 0.25) is 0 Å². The molecule has 2 aromatic carbocycles. The number of aliphatic carboxylic acids is 1. The van der Waals surface area contributed by atoms with E-state index in [1.165, 1.54) is 0 Å². The van der Waals surface area contributed by atoms with Crippen LogP contribution in [0.1, 0.15) is 5.56 Å². The number of nitro groups is 1. The highest BCUT2D eigenvalue weighted by molar-refractivity contribution is 5.99. The Balaban J connectivity index is 2.23. The number of aromatic nitrogens is 1. The topological polar surface area (TPSA) is 122 Å². The molecule has 0 aliphatic heterocycles. The van der Waals surface area contributed by atoms with Crippen molar-refractivity contribution < 1.29 is 14.8 Å². The number of nitrogens with one attached hydrogen (secondary N) is 1. The molecule has 4 N–H and O–H groups in total. The number of nitrogens with two attached hydrogens (primary N) is 1. The zero-order valence-corrected chi connectivity index (χ0v) is 12.6. The maximum atomic E-state index is 11.7. The van der Waals surface area contributed by atoms with E-state index < -0.39 is 16.9 Å². The van der Waals surface area contributed by atoms with E-state index in [1.54, 1.807) is 30.5 Å². The quantitative estimate of drug-likeness (QED) is 0.491. The monoisotopic (exact) mass is 325 g/mol. The van der Waals surface area contributed by atoms with Crippen LogP contribution in [0.25, 0.3) is 22.0 Å². The van der Waals surface area contributed by atoms with E-state index in [4.69, 9.17) is 10.8 Å². The summed E-state index contributed by atoms with van der Waals surface area (Å²) in [4.78, 5) is 25.2. The average molecular weight is 325 g/mol. The fourth-order valence-electron chi connectivity index (χ4n) is 2.80. The summed E-state index contributed by atoms with van der Waals surface area (Å²) in [5.41, 5.74) is 7.84. The number of hydrogen-bond acceptors (Lipinski definition) is 4. The second kappa shape index (κ2) is 6.13. The number of fused-ring (bicyclic) bond motifs is 1. The van der Waals surface area contributed by atoms with Gasteiger partial charge in [-0.3, -0.25) is 14.9 Å². The molecule has 1 heterocycles. The molecule has 0 aliphatic rings. The third-order valence-electron chi connectivity index (χ3n) is 3.93. The fraction of sp³-hybridized carbons (Fsp3) is 0.118. The number of hydrogen-bond donors (Lipinski definition) is 3. The van der Waals surface area contributed by atoms with E-state index >= 15 is 0 Å². The number of H-pyrrole nitrogens is 1. The number of aromatic amines is 1. The van der Waals surface area contributed by atoms with Gasteiger partial charge in [0.05, 0.1) is 21.4 Å². The first-order chi connectivity index (χ1) is 11.5. The summed E-state index contributed by atoms with van der Waals surface area (Å²) in [6, 6.07) is 11.4. The van der Waals surface area contributed by atoms with Crippen LogP contribution in [0.4, 0.5) is 5.69 Å². The van der Waals surface area contributed by atoms with Gasteiger partial charge in [-0.2, -0.15) is 0 Å². The Labute approximate surface area is 136 Å². The molecule has 7 nitrogen and oxygen atoms in total. The first-order valence-electron chi connectivity index (χ1n) is 7.30. The van der Waals surface area contributed by atoms with Crippen LogP contribution in [-0.2, 0) is 11.2 Å². The average Bonchev–Trinajstić information content (AvgIpc) is 2.97. The predicted octanol–water partition coefficient (Wildman–Crippen LogP) is 2.70. The van der Waals surface area contributed by atoms with Crippen molar-refractivity contribution in [3.63, 3.8) is 0 Å². The van der Waals surface area contributed by atoms with Crippen molar-refractivity contribution in [3.05, 3.63) is 64.3 Å². The van der Waals surface area contributed by atoms with E-state index in [2.05, 4.69) is 4.98 Å². The summed E-state index contributed by atoms with van der Waals surface area (Å²) >= 11 is 0. The molecule has 122 valence electrons. The molecule has 3 aromatic rings. The van der Waals surface area contributed by atoms with Crippen LogP contribution in [0, 0.1) is 10.1 Å². The van der Waals surface area contributed by atoms with Crippen LogP contribution in [0.5, 0.6) is 0 Å². The molecule has 0 radical (unpaired) electrons. The van der Waals surface area contributed by atoms with E-state index in [1.807, 2.05) is 18.2 Å². The van der Waals surface area contributed by atoms with Gasteiger partial charge in [0, 0.05) is 12.6 Å². The Bertz CT molecular complexity index is 918. The molecule has 0 spiro atoms. The molecule has 24 heavy (non-hydrogen) atoms. The van der Waals surface area contributed by atoms with Crippen LogP contribution >= 0.6 is 0 Å². The Morgan fingerprint density at radius 2 is 1.96 bits per heavy atom. The van der Waals surface area contributed by atoms with Gasteiger partial charge in [0.1, 0.15) is 6.04 Å². The molecule has 0 fully saturated rings. The van der Waals surface area contributed by atoms with Gasteiger partial charge >= 0.3 is 5.97 Å². The first kappa shape index (κ1) is 15.7. The third-order valence-corrected chi connectivity index (χ3v) is 3.93. The zero-order valence-electron chi connectivity index (χ0n) is 12.6. The van der Waals surface area contributed by atoms with Gasteiger partial charge < -0.3 is 15.8 Å². The van der Waals surface area contributed by atoms with Crippen LogP contribution in [0.15, 0.2) is 48.7 Å². The van der Waals surface area contributed by atoms with Crippen LogP contribution in [-0.4, -0.2) is 27.0 Å². The first-order valence-corrected chi connectivity index (χ1v) is 7.30. The predicted molar refractivity (Wildman–Crippen MR) is 89.7 cm³/mol. The Hall–Kier alpha value is -3.19. The Morgan fingerprint density at radius 3 is 2.58 bits per heavy atom.